The first kappa shape index (κ1) is 16.5. The molecule has 2 aromatic rings. The van der Waals surface area contributed by atoms with Crippen LogP contribution in [0, 0.1) is 0 Å². The van der Waals surface area contributed by atoms with Crippen LogP contribution < -0.4 is 15.4 Å². The summed E-state index contributed by atoms with van der Waals surface area (Å²) in [5, 5.41) is 5.46. The maximum atomic E-state index is 12.3. The van der Waals surface area contributed by atoms with Gasteiger partial charge in [0.2, 0.25) is 0 Å². The normalized spacial score (nSPS) is 10.0. The molecule has 1 aromatic heterocycles. The molecule has 120 valence electrons. The highest BCUT2D eigenvalue weighted by atomic mass is 16.5. The Morgan fingerprint density at radius 1 is 1.04 bits per heavy atom. The average molecular weight is 313 g/mol. The summed E-state index contributed by atoms with van der Waals surface area (Å²) in [5.74, 6) is -0.142. The lowest BCUT2D eigenvalue weighted by atomic mass is 10.2. The van der Waals surface area contributed by atoms with Gasteiger partial charge in [0, 0.05) is 6.54 Å². The molecular formula is C17H19N3O3. The fourth-order valence-corrected chi connectivity index (χ4v) is 1.95. The Balaban J connectivity index is 2.15. The number of rotatable bonds is 6. The van der Waals surface area contributed by atoms with Gasteiger partial charge in [0.1, 0.15) is 17.1 Å². The molecule has 1 heterocycles. The van der Waals surface area contributed by atoms with Crippen molar-refractivity contribution < 1.29 is 14.3 Å². The molecule has 0 saturated carbocycles. The Labute approximate surface area is 134 Å². The second kappa shape index (κ2) is 7.93. The van der Waals surface area contributed by atoms with Crippen molar-refractivity contribution in [3.8, 4) is 5.75 Å². The van der Waals surface area contributed by atoms with Crippen molar-refractivity contribution in [3.05, 3.63) is 53.9 Å². The van der Waals surface area contributed by atoms with Crippen LogP contribution in [0.3, 0.4) is 0 Å². The Morgan fingerprint density at radius 2 is 1.74 bits per heavy atom. The Hall–Kier alpha value is -2.89. The molecule has 0 aliphatic carbocycles. The van der Waals surface area contributed by atoms with E-state index in [2.05, 4.69) is 15.6 Å². The molecule has 2 N–H and O–H groups in total. The van der Waals surface area contributed by atoms with Crippen molar-refractivity contribution >= 4 is 17.5 Å². The van der Waals surface area contributed by atoms with Crippen LogP contribution in [0.4, 0.5) is 5.69 Å². The lowest BCUT2D eigenvalue weighted by Crippen LogP contribution is -2.26. The van der Waals surface area contributed by atoms with Gasteiger partial charge in [0.05, 0.1) is 12.8 Å². The minimum absolute atomic E-state index is 0.167. The summed E-state index contributed by atoms with van der Waals surface area (Å²) in [6, 6.07) is 11.8. The van der Waals surface area contributed by atoms with Crippen LogP contribution in [0.2, 0.25) is 0 Å². The summed E-state index contributed by atoms with van der Waals surface area (Å²) in [6.07, 6.45) is 0.833. The van der Waals surface area contributed by atoms with Crippen molar-refractivity contribution in [1.82, 2.24) is 10.3 Å². The van der Waals surface area contributed by atoms with Crippen LogP contribution in [-0.2, 0) is 0 Å². The molecule has 6 heteroatoms. The van der Waals surface area contributed by atoms with Gasteiger partial charge >= 0.3 is 0 Å². The number of benzene rings is 1. The third-order valence-electron chi connectivity index (χ3n) is 3.11. The number of hydrogen-bond donors (Lipinski definition) is 2. The molecule has 2 amide bonds. The second-order valence-corrected chi connectivity index (χ2v) is 4.82. The minimum atomic E-state index is -0.403. The SMILES string of the molecule is CCCNC(=O)c1cccc(C(=O)Nc2ccccc2OC)n1. The van der Waals surface area contributed by atoms with Crippen LogP contribution in [0.1, 0.15) is 34.3 Å². The minimum Gasteiger partial charge on any atom is -0.495 e. The number of amides is 2. The lowest BCUT2D eigenvalue weighted by molar-refractivity contribution is 0.0948. The van der Waals surface area contributed by atoms with Gasteiger partial charge in [0.25, 0.3) is 11.8 Å². The van der Waals surface area contributed by atoms with E-state index in [1.165, 1.54) is 7.11 Å². The zero-order valence-corrected chi connectivity index (χ0v) is 13.1. The van der Waals surface area contributed by atoms with Crippen LogP contribution in [-0.4, -0.2) is 30.5 Å². The molecule has 0 spiro atoms. The third-order valence-corrected chi connectivity index (χ3v) is 3.11. The third kappa shape index (κ3) is 4.29. The Bertz CT molecular complexity index is 701. The topological polar surface area (TPSA) is 80.3 Å². The van der Waals surface area contributed by atoms with Gasteiger partial charge < -0.3 is 15.4 Å². The molecular weight excluding hydrogens is 294 g/mol. The van der Waals surface area contributed by atoms with Crippen LogP contribution in [0.5, 0.6) is 5.75 Å². The van der Waals surface area contributed by atoms with E-state index in [-0.39, 0.29) is 17.3 Å². The molecule has 0 atom stereocenters. The number of pyridine rings is 1. The molecule has 0 radical (unpaired) electrons. The van der Waals surface area contributed by atoms with E-state index in [4.69, 9.17) is 4.74 Å². The quantitative estimate of drug-likeness (QED) is 0.858. The predicted octanol–water partition coefficient (Wildman–Crippen LogP) is 2.48. The van der Waals surface area contributed by atoms with E-state index in [0.717, 1.165) is 6.42 Å². The maximum absolute atomic E-state index is 12.3. The molecule has 6 nitrogen and oxygen atoms in total. The number of hydrogen-bond acceptors (Lipinski definition) is 4. The highest BCUT2D eigenvalue weighted by Crippen LogP contribution is 2.23. The monoisotopic (exact) mass is 313 g/mol. The molecule has 0 bridgehead atoms. The number of anilines is 1. The van der Waals surface area contributed by atoms with Gasteiger partial charge in [-0.2, -0.15) is 0 Å². The van der Waals surface area contributed by atoms with Crippen LogP contribution >= 0.6 is 0 Å². The van der Waals surface area contributed by atoms with Gasteiger partial charge in [-0.25, -0.2) is 4.98 Å². The lowest BCUT2D eigenvalue weighted by Gasteiger charge is -2.10. The summed E-state index contributed by atoms with van der Waals surface area (Å²) >= 11 is 0. The fraction of sp³-hybridized carbons (Fsp3) is 0.235. The van der Waals surface area contributed by atoms with E-state index in [0.29, 0.717) is 18.0 Å². The molecule has 0 unspecified atom stereocenters. The number of nitrogens with zero attached hydrogens (tertiary/aromatic N) is 1. The number of aromatic nitrogens is 1. The summed E-state index contributed by atoms with van der Waals surface area (Å²) in [4.78, 5) is 28.3. The van der Waals surface area contributed by atoms with Gasteiger partial charge in [-0.1, -0.05) is 25.1 Å². The van der Waals surface area contributed by atoms with Crippen molar-refractivity contribution in [2.24, 2.45) is 0 Å². The standard InChI is InChI=1S/C17H19N3O3/c1-3-11-18-16(21)13-8-6-9-14(19-13)17(22)20-12-7-4-5-10-15(12)23-2/h4-10H,3,11H2,1-2H3,(H,18,21)(H,20,22). The molecule has 0 aliphatic heterocycles. The van der Waals surface area contributed by atoms with E-state index in [1.54, 1.807) is 36.4 Å². The second-order valence-electron chi connectivity index (χ2n) is 4.82. The first-order chi connectivity index (χ1) is 11.2. The Morgan fingerprint density at radius 3 is 2.43 bits per heavy atom. The van der Waals surface area contributed by atoms with Crippen molar-refractivity contribution in [2.45, 2.75) is 13.3 Å². The van der Waals surface area contributed by atoms with E-state index in [1.807, 2.05) is 13.0 Å². The molecule has 2 rings (SSSR count). The van der Waals surface area contributed by atoms with Gasteiger partial charge in [-0.3, -0.25) is 9.59 Å². The molecule has 0 fully saturated rings. The number of para-hydroxylation sites is 2. The zero-order valence-electron chi connectivity index (χ0n) is 13.1. The largest absolute Gasteiger partial charge is 0.495 e. The van der Waals surface area contributed by atoms with Crippen molar-refractivity contribution in [1.29, 1.82) is 0 Å². The van der Waals surface area contributed by atoms with Gasteiger partial charge in [0.15, 0.2) is 0 Å². The predicted molar refractivity (Wildman–Crippen MR) is 87.8 cm³/mol. The van der Waals surface area contributed by atoms with Crippen molar-refractivity contribution in [2.75, 3.05) is 19.0 Å². The number of methoxy groups -OCH3 is 1. The Kier molecular flexibility index (Phi) is 5.68. The van der Waals surface area contributed by atoms with E-state index < -0.39 is 5.91 Å². The molecule has 23 heavy (non-hydrogen) atoms. The fourth-order valence-electron chi connectivity index (χ4n) is 1.95. The number of carbonyl (C=O) groups is 2. The van der Waals surface area contributed by atoms with E-state index >= 15 is 0 Å². The summed E-state index contributed by atoms with van der Waals surface area (Å²) in [6.45, 7) is 2.53. The first-order valence-electron chi connectivity index (χ1n) is 7.35. The average Bonchev–Trinajstić information content (AvgIpc) is 2.60. The van der Waals surface area contributed by atoms with Gasteiger partial charge in [-0.05, 0) is 30.7 Å². The van der Waals surface area contributed by atoms with E-state index in [9.17, 15) is 9.59 Å². The molecule has 0 saturated heterocycles. The summed E-state index contributed by atoms with van der Waals surface area (Å²) in [7, 11) is 1.53. The highest BCUT2D eigenvalue weighted by molar-refractivity contribution is 6.04. The molecule has 1 aromatic carbocycles. The van der Waals surface area contributed by atoms with Crippen LogP contribution in [0.25, 0.3) is 0 Å². The van der Waals surface area contributed by atoms with Crippen LogP contribution in [0.15, 0.2) is 42.5 Å². The summed E-state index contributed by atoms with van der Waals surface area (Å²) in [5.41, 5.74) is 0.925. The van der Waals surface area contributed by atoms with Gasteiger partial charge in [-0.15, -0.1) is 0 Å². The maximum Gasteiger partial charge on any atom is 0.274 e. The number of carbonyl (C=O) groups excluding carboxylic acids is 2. The zero-order chi connectivity index (χ0) is 16.7. The number of nitrogens with one attached hydrogen (secondary N) is 2. The highest BCUT2D eigenvalue weighted by Gasteiger charge is 2.13. The first-order valence-corrected chi connectivity index (χ1v) is 7.35. The van der Waals surface area contributed by atoms with Crippen molar-refractivity contribution in [3.63, 3.8) is 0 Å². The summed E-state index contributed by atoms with van der Waals surface area (Å²) < 4.78 is 5.19. The smallest absolute Gasteiger partial charge is 0.274 e. The number of ether oxygens (including phenoxy) is 1. The molecule has 0 aliphatic rings.